The molecule has 0 bridgehead atoms. The zero-order valence-corrected chi connectivity index (χ0v) is 17.5. The first-order valence-corrected chi connectivity index (χ1v) is 9.97. The quantitative estimate of drug-likeness (QED) is 0.405. The average molecular weight is 452 g/mol. The van der Waals surface area contributed by atoms with Crippen molar-refractivity contribution in [2.75, 3.05) is 13.9 Å². The molecule has 0 saturated heterocycles. The van der Waals surface area contributed by atoms with Gasteiger partial charge in [-0.05, 0) is 59.4 Å². The normalized spacial score (nSPS) is 21.3. The van der Waals surface area contributed by atoms with Crippen LogP contribution in [0.5, 0.6) is 0 Å². The SMILES string of the molecule is COCO[C@H]1c2c(Cl)c(F)cc([C@H]3CC=C(C)c4cc(F)cc(C#N)c43)c2CC1(F)F. The summed E-state index contributed by atoms with van der Waals surface area (Å²) in [4.78, 5) is 0. The smallest absolute Gasteiger partial charge is 0.282 e. The van der Waals surface area contributed by atoms with E-state index in [0.717, 1.165) is 17.7 Å². The van der Waals surface area contributed by atoms with Crippen LogP contribution < -0.4 is 0 Å². The first-order chi connectivity index (χ1) is 14.7. The molecular weight excluding hydrogens is 434 g/mol. The number of benzene rings is 2. The molecule has 31 heavy (non-hydrogen) atoms. The number of nitrogens with zero attached hydrogens (tertiary/aromatic N) is 1. The van der Waals surface area contributed by atoms with Gasteiger partial charge in [0.05, 0.1) is 16.7 Å². The minimum atomic E-state index is -3.32. The fourth-order valence-corrected chi connectivity index (χ4v) is 4.85. The molecular formula is C23H18ClF4NO2. The number of methoxy groups -OCH3 is 1. The van der Waals surface area contributed by atoms with Crippen LogP contribution in [0.3, 0.4) is 0 Å². The van der Waals surface area contributed by atoms with Gasteiger partial charge in [-0.3, -0.25) is 0 Å². The van der Waals surface area contributed by atoms with Crippen LogP contribution in [-0.4, -0.2) is 19.8 Å². The number of alkyl halides is 2. The van der Waals surface area contributed by atoms with Crippen LogP contribution in [0.2, 0.25) is 5.02 Å². The van der Waals surface area contributed by atoms with E-state index < -0.39 is 47.8 Å². The predicted octanol–water partition coefficient (Wildman–Crippen LogP) is 6.28. The van der Waals surface area contributed by atoms with Crippen molar-refractivity contribution in [2.45, 2.75) is 37.7 Å². The Morgan fingerprint density at radius 1 is 1.23 bits per heavy atom. The molecule has 0 N–H and O–H groups in total. The van der Waals surface area contributed by atoms with Crippen LogP contribution in [0, 0.1) is 23.0 Å². The van der Waals surface area contributed by atoms with Gasteiger partial charge >= 0.3 is 0 Å². The van der Waals surface area contributed by atoms with Crippen molar-refractivity contribution < 1.29 is 27.0 Å². The Bertz CT molecular complexity index is 1140. The second-order valence-corrected chi connectivity index (χ2v) is 8.12. The van der Waals surface area contributed by atoms with Gasteiger partial charge in [-0.1, -0.05) is 17.7 Å². The largest absolute Gasteiger partial charge is 0.359 e. The molecule has 0 saturated carbocycles. The highest BCUT2D eigenvalue weighted by atomic mass is 35.5. The Kier molecular flexibility index (Phi) is 5.59. The molecule has 0 unspecified atom stereocenters. The number of fused-ring (bicyclic) bond motifs is 2. The molecule has 3 nitrogen and oxygen atoms in total. The zero-order valence-electron chi connectivity index (χ0n) is 16.7. The first-order valence-electron chi connectivity index (χ1n) is 9.59. The Morgan fingerprint density at radius 3 is 2.65 bits per heavy atom. The molecule has 4 rings (SSSR count). The molecule has 2 aliphatic carbocycles. The van der Waals surface area contributed by atoms with E-state index in [1.54, 1.807) is 6.92 Å². The van der Waals surface area contributed by atoms with E-state index in [1.807, 2.05) is 12.1 Å². The van der Waals surface area contributed by atoms with Crippen LogP contribution in [0.1, 0.15) is 58.7 Å². The molecule has 2 atom stereocenters. The van der Waals surface area contributed by atoms with E-state index in [4.69, 9.17) is 21.1 Å². The monoisotopic (exact) mass is 451 g/mol. The molecule has 0 fully saturated rings. The lowest BCUT2D eigenvalue weighted by Crippen LogP contribution is -2.25. The lowest BCUT2D eigenvalue weighted by Gasteiger charge is -2.28. The van der Waals surface area contributed by atoms with Gasteiger partial charge in [-0.2, -0.15) is 5.26 Å². The fraction of sp³-hybridized carbons (Fsp3) is 0.348. The van der Waals surface area contributed by atoms with Crippen molar-refractivity contribution in [3.8, 4) is 6.07 Å². The summed E-state index contributed by atoms with van der Waals surface area (Å²) in [6, 6.07) is 5.54. The zero-order chi connectivity index (χ0) is 22.5. The van der Waals surface area contributed by atoms with Crippen LogP contribution in [-0.2, 0) is 15.9 Å². The van der Waals surface area contributed by atoms with Gasteiger partial charge in [-0.25, -0.2) is 17.6 Å². The lowest BCUT2D eigenvalue weighted by molar-refractivity contribution is -0.169. The summed E-state index contributed by atoms with van der Waals surface area (Å²) in [6.45, 7) is 1.37. The molecule has 0 aromatic heterocycles. The number of nitriles is 1. The molecule has 0 aliphatic heterocycles. The van der Waals surface area contributed by atoms with Gasteiger partial charge in [0, 0.05) is 25.0 Å². The second kappa shape index (κ2) is 7.94. The van der Waals surface area contributed by atoms with Crippen LogP contribution >= 0.6 is 11.6 Å². The van der Waals surface area contributed by atoms with Crippen molar-refractivity contribution in [1.29, 1.82) is 5.26 Å². The molecule has 8 heteroatoms. The van der Waals surface area contributed by atoms with Crippen LogP contribution in [0.25, 0.3) is 5.57 Å². The van der Waals surface area contributed by atoms with Gasteiger partial charge in [-0.15, -0.1) is 0 Å². The van der Waals surface area contributed by atoms with E-state index in [1.165, 1.54) is 13.2 Å². The van der Waals surface area contributed by atoms with Crippen LogP contribution in [0.4, 0.5) is 17.6 Å². The molecule has 0 radical (unpaired) electrons. The average Bonchev–Trinajstić information content (AvgIpc) is 3.00. The number of hydrogen-bond acceptors (Lipinski definition) is 3. The highest BCUT2D eigenvalue weighted by Gasteiger charge is 2.52. The molecule has 0 spiro atoms. The molecule has 2 aliphatic rings. The minimum absolute atomic E-state index is 0.0912. The summed E-state index contributed by atoms with van der Waals surface area (Å²) in [5.41, 5.74) is 2.25. The number of ether oxygens (including phenoxy) is 2. The molecule has 2 aromatic carbocycles. The third kappa shape index (κ3) is 3.53. The summed E-state index contributed by atoms with van der Waals surface area (Å²) in [7, 11) is 1.29. The second-order valence-electron chi connectivity index (χ2n) is 7.75. The van der Waals surface area contributed by atoms with E-state index >= 15 is 0 Å². The van der Waals surface area contributed by atoms with Gasteiger partial charge < -0.3 is 9.47 Å². The summed E-state index contributed by atoms with van der Waals surface area (Å²) in [5.74, 6) is -5.35. The van der Waals surface area contributed by atoms with Gasteiger partial charge in [0.25, 0.3) is 5.92 Å². The van der Waals surface area contributed by atoms with Crippen LogP contribution in [0.15, 0.2) is 24.3 Å². The summed E-state index contributed by atoms with van der Waals surface area (Å²) >= 11 is 6.11. The van der Waals surface area contributed by atoms with E-state index in [2.05, 4.69) is 0 Å². The predicted molar refractivity (Wildman–Crippen MR) is 107 cm³/mol. The molecule has 0 amide bonds. The minimum Gasteiger partial charge on any atom is -0.359 e. The van der Waals surface area contributed by atoms with Crippen molar-refractivity contribution in [2.24, 2.45) is 0 Å². The van der Waals surface area contributed by atoms with E-state index in [0.29, 0.717) is 23.1 Å². The van der Waals surface area contributed by atoms with E-state index in [9.17, 15) is 22.8 Å². The highest BCUT2D eigenvalue weighted by molar-refractivity contribution is 6.31. The Labute approximate surface area is 181 Å². The third-order valence-corrected chi connectivity index (χ3v) is 6.27. The van der Waals surface area contributed by atoms with Gasteiger partial charge in [0.2, 0.25) is 0 Å². The lowest BCUT2D eigenvalue weighted by atomic mass is 9.75. The summed E-state index contributed by atoms with van der Waals surface area (Å²) < 4.78 is 68.6. The molecule has 0 heterocycles. The first kappa shape index (κ1) is 21.8. The topological polar surface area (TPSA) is 42.2 Å². The maximum Gasteiger partial charge on any atom is 0.282 e. The Morgan fingerprint density at radius 2 is 1.97 bits per heavy atom. The Hall–Kier alpha value is -2.40. The number of hydrogen-bond donors (Lipinski definition) is 0. The maximum absolute atomic E-state index is 14.9. The molecule has 2 aromatic rings. The highest BCUT2D eigenvalue weighted by Crippen LogP contribution is 2.53. The van der Waals surface area contributed by atoms with Crippen molar-refractivity contribution >= 4 is 17.2 Å². The third-order valence-electron chi connectivity index (χ3n) is 5.89. The van der Waals surface area contributed by atoms with Crippen molar-refractivity contribution in [1.82, 2.24) is 0 Å². The Balaban J connectivity index is 1.95. The summed E-state index contributed by atoms with van der Waals surface area (Å²) in [5, 5.41) is 9.18. The number of rotatable bonds is 4. The molecule has 162 valence electrons. The maximum atomic E-state index is 14.9. The summed E-state index contributed by atoms with van der Waals surface area (Å²) in [6.07, 6.45) is -0.266. The van der Waals surface area contributed by atoms with E-state index in [-0.39, 0.29) is 16.7 Å². The fourth-order valence-electron chi connectivity index (χ4n) is 4.58. The number of allylic oxidation sites excluding steroid dienone is 2. The number of halogens is 5. The van der Waals surface area contributed by atoms with Gasteiger partial charge in [0.15, 0.2) is 6.10 Å². The standard InChI is InChI=1S/C23H18ClF4NO2/c1-11-3-4-14(19-12(9-29)5-13(25)6-15(11)19)16-7-18(26)21(24)20-17(16)8-23(27,28)22(20)31-10-30-2/h3,5-7,14,22H,4,8,10H2,1-2H3/t14-,22+/m1/s1. The van der Waals surface area contributed by atoms with Crippen molar-refractivity contribution in [3.63, 3.8) is 0 Å². The van der Waals surface area contributed by atoms with Crippen molar-refractivity contribution in [3.05, 3.63) is 74.3 Å². The van der Waals surface area contributed by atoms with Gasteiger partial charge in [0.1, 0.15) is 18.4 Å².